The molecule has 0 spiro atoms. The van der Waals surface area contributed by atoms with Crippen LogP contribution in [0.1, 0.15) is 17.0 Å². The van der Waals surface area contributed by atoms with Crippen LogP contribution in [0.15, 0.2) is 42.5 Å². The van der Waals surface area contributed by atoms with Gasteiger partial charge < -0.3 is 14.7 Å². The van der Waals surface area contributed by atoms with Crippen molar-refractivity contribution >= 4 is 6.09 Å². The molecule has 146 valence electrons. The second-order valence-corrected chi connectivity index (χ2v) is 6.52. The van der Waals surface area contributed by atoms with Gasteiger partial charge in [0.15, 0.2) is 0 Å². The fourth-order valence-corrected chi connectivity index (χ4v) is 2.81. The van der Waals surface area contributed by atoms with Crippen LogP contribution < -0.4 is 0 Å². The van der Waals surface area contributed by atoms with Gasteiger partial charge in [-0.2, -0.15) is 0 Å². The number of hydrogen-bond acceptors (Lipinski definition) is 6. The number of rotatable bonds is 6. The highest BCUT2D eigenvalue weighted by molar-refractivity contribution is 5.67. The lowest BCUT2D eigenvalue weighted by atomic mass is 10.1. The Hall–Kier alpha value is -3.42. The maximum Gasteiger partial charge on any atom is 0.409 e. The van der Waals surface area contributed by atoms with Crippen molar-refractivity contribution in [1.29, 1.82) is 0 Å². The van der Waals surface area contributed by atoms with E-state index < -0.39 is 0 Å². The predicted octanol–water partition coefficient (Wildman–Crippen LogP) is 2.70. The molecule has 2 aromatic heterocycles. The highest BCUT2D eigenvalue weighted by Gasteiger charge is 2.16. The summed E-state index contributed by atoms with van der Waals surface area (Å²) in [6, 6.07) is 13.0. The minimum atomic E-state index is -0.390. The Kier molecular flexibility index (Phi) is 5.88. The molecular formula is C20H23N5O3. The molecule has 28 heavy (non-hydrogen) atoms. The first-order chi connectivity index (χ1) is 13.5. The van der Waals surface area contributed by atoms with E-state index in [1.165, 1.54) is 4.90 Å². The topological polar surface area (TPSA) is 93.4 Å². The fraction of sp³-hybridized carbons (Fsp3) is 0.300. The van der Waals surface area contributed by atoms with Gasteiger partial charge in [0.05, 0.1) is 23.7 Å². The predicted molar refractivity (Wildman–Crippen MR) is 104 cm³/mol. The van der Waals surface area contributed by atoms with Crippen molar-refractivity contribution in [1.82, 2.24) is 24.9 Å². The van der Waals surface area contributed by atoms with Crippen molar-refractivity contribution in [2.24, 2.45) is 7.05 Å². The van der Waals surface area contributed by atoms with Crippen LogP contribution in [0.4, 0.5) is 4.79 Å². The molecule has 3 rings (SSSR count). The van der Waals surface area contributed by atoms with E-state index in [4.69, 9.17) is 4.74 Å². The average molecular weight is 381 g/mol. The number of nitrogens with zero attached hydrogens (tertiary/aromatic N) is 5. The summed E-state index contributed by atoms with van der Waals surface area (Å²) in [4.78, 5) is 18.1. The molecule has 8 nitrogen and oxygen atoms in total. The lowest BCUT2D eigenvalue weighted by molar-refractivity contribution is 0.109. The number of carbonyl (C=O) groups excluding carboxylic acids is 1. The number of aromatic hydroxyl groups is 1. The molecule has 0 unspecified atom stereocenters. The van der Waals surface area contributed by atoms with Gasteiger partial charge in [0.2, 0.25) is 0 Å². The van der Waals surface area contributed by atoms with Gasteiger partial charge in [0.25, 0.3) is 0 Å². The van der Waals surface area contributed by atoms with Crippen molar-refractivity contribution in [3.8, 4) is 17.1 Å². The number of ether oxygens (including phenoxy) is 1. The number of amides is 1. The standard InChI is InChI=1S/C20H23N5O3/c1-14-18(26)10-9-16(21-14)19-17(25(3)23-22-19)11-12-28-20(27)24(2)13-15-7-5-4-6-8-15/h4-10,26H,11-13H2,1-3H3. The van der Waals surface area contributed by atoms with Crippen LogP contribution >= 0.6 is 0 Å². The average Bonchev–Trinajstić information content (AvgIpc) is 3.05. The molecule has 3 aromatic rings. The van der Waals surface area contributed by atoms with E-state index in [0.717, 1.165) is 11.3 Å². The Morgan fingerprint density at radius 3 is 2.68 bits per heavy atom. The molecule has 2 heterocycles. The first kappa shape index (κ1) is 19.3. The molecule has 0 atom stereocenters. The fourth-order valence-electron chi connectivity index (χ4n) is 2.81. The molecule has 0 saturated carbocycles. The van der Waals surface area contributed by atoms with Crippen molar-refractivity contribution in [3.05, 3.63) is 59.4 Å². The molecule has 1 amide bonds. The number of aromatic nitrogens is 4. The Bertz CT molecular complexity index is 956. The van der Waals surface area contributed by atoms with Gasteiger partial charge in [0.1, 0.15) is 11.4 Å². The normalized spacial score (nSPS) is 10.7. The van der Waals surface area contributed by atoms with Gasteiger partial charge in [-0.05, 0) is 24.6 Å². The van der Waals surface area contributed by atoms with Gasteiger partial charge in [-0.3, -0.25) is 4.68 Å². The monoisotopic (exact) mass is 381 g/mol. The second kappa shape index (κ2) is 8.51. The minimum Gasteiger partial charge on any atom is -0.506 e. The SMILES string of the molecule is Cc1nc(-c2nnn(C)c2CCOC(=O)N(C)Cc2ccccc2)ccc1O. The van der Waals surface area contributed by atoms with Gasteiger partial charge >= 0.3 is 6.09 Å². The van der Waals surface area contributed by atoms with Crippen LogP contribution in [0.2, 0.25) is 0 Å². The summed E-state index contributed by atoms with van der Waals surface area (Å²) >= 11 is 0. The van der Waals surface area contributed by atoms with Gasteiger partial charge in [-0.1, -0.05) is 35.5 Å². The molecule has 0 fully saturated rings. The number of pyridine rings is 1. The first-order valence-corrected chi connectivity index (χ1v) is 8.93. The van der Waals surface area contributed by atoms with E-state index >= 15 is 0 Å². The summed E-state index contributed by atoms with van der Waals surface area (Å²) in [7, 11) is 3.48. The summed E-state index contributed by atoms with van der Waals surface area (Å²) < 4.78 is 7.04. The third-order valence-electron chi connectivity index (χ3n) is 4.38. The summed E-state index contributed by atoms with van der Waals surface area (Å²) in [5.41, 5.74) is 3.58. The van der Waals surface area contributed by atoms with Crippen molar-refractivity contribution < 1.29 is 14.6 Å². The van der Waals surface area contributed by atoms with Crippen molar-refractivity contribution in [3.63, 3.8) is 0 Å². The van der Waals surface area contributed by atoms with E-state index in [-0.39, 0.29) is 18.4 Å². The molecule has 0 saturated heterocycles. The minimum absolute atomic E-state index is 0.129. The lowest BCUT2D eigenvalue weighted by Gasteiger charge is -2.17. The van der Waals surface area contributed by atoms with Crippen LogP contribution in [0.5, 0.6) is 5.75 Å². The molecule has 0 aliphatic heterocycles. The molecule has 0 aliphatic rings. The maximum atomic E-state index is 12.2. The Balaban J connectivity index is 1.61. The van der Waals surface area contributed by atoms with E-state index in [0.29, 0.717) is 30.0 Å². The smallest absolute Gasteiger partial charge is 0.409 e. The van der Waals surface area contributed by atoms with Crippen LogP contribution in [0, 0.1) is 6.92 Å². The maximum absolute atomic E-state index is 12.2. The Morgan fingerprint density at radius 1 is 1.21 bits per heavy atom. The lowest BCUT2D eigenvalue weighted by Crippen LogP contribution is -2.27. The zero-order valence-electron chi connectivity index (χ0n) is 16.2. The van der Waals surface area contributed by atoms with Crippen LogP contribution in [0.25, 0.3) is 11.4 Å². The number of carbonyl (C=O) groups is 1. The number of hydrogen-bond donors (Lipinski definition) is 1. The van der Waals surface area contributed by atoms with E-state index in [9.17, 15) is 9.90 Å². The van der Waals surface area contributed by atoms with Gasteiger partial charge in [-0.25, -0.2) is 9.78 Å². The van der Waals surface area contributed by atoms with Gasteiger partial charge in [0, 0.05) is 27.1 Å². The molecular weight excluding hydrogens is 358 g/mol. The van der Waals surface area contributed by atoms with Crippen LogP contribution in [-0.4, -0.2) is 49.7 Å². The molecule has 8 heteroatoms. The van der Waals surface area contributed by atoms with Gasteiger partial charge in [-0.15, -0.1) is 5.10 Å². The van der Waals surface area contributed by atoms with Crippen LogP contribution in [0.3, 0.4) is 0 Å². The summed E-state index contributed by atoms with van der Waals surface area (Å²) in [5, 5.41) is 17.9. The Labute approximate surface area is 163 Å². The second-order valence-electron chi connectivity index (χ2n) is 6.52. The third kappa shape index (κ3) is 4.46. The van der Waals surface area contributed by atoms with E-state index in [1.807, 2.05) is 30.3 Å². The molecule has 1 N–H and O–H groups in total. The van der Waals surface area contributed by atoms with Crippen molar-refractivity contribution in [2.45, 2.75) is 19.9 Å². The Morgan fingerprint density at radius 2 is 1.96 bits per heavy atom. The van der Waals surface area contributed by atoms with E-state index in [2.05, 4.69) is 15.3 Å². The quantitative estimate of drug-likeness (QED) is 0.706. The highest BCUT2D eigenvalue weighted by Crippen LogP contribution is 2.23. The number of aryl methyl sites for hydroxylation is 2. The largest absolute Gasteiger partial charge is 0.506 e. The summed E-state index contributed by atoms with van der Waals surface area (Å²) in [6.07, 6.45) is 0.0601. The van der Waals surface area contributed by atoms with Crippen LogP contribution in [-0.2, 0) is 24.8 Å². The first-order valence-electron chi connectivity index (χ1n) is 8.93. The number of benzene rings is 1. The molecule has 0 aliphatic carbocycles. The zero-order valence-corrected chi connectivity index (χ0v) is 16.2. The van der Waals surface area contributed by atoms with E-state index in [1.54, 1.807) is 37.8 Å². The van der Waals surface area contributed by atoms with Crippen molar-refractivity contribution in [2.75, 3.05) is 13.7 Å². The highest BCUT2D eigenvalue weighted by atomic mass is 16.6. The third-order valence-corrected chi connectivity index (χ3v) is 4.38. The summed E-state index contributed by atoms with van der Waals surface area (Å²) in [6.45, 7) is 2.40. The summed E-state index contributed by atoms with van der Waals surface area (Å²) in [5.74, 6) is 0.129. The molecule has 0 radical (unpaired) electrons. The molecule has 0 bridgehead atoms. The zero-order chi connectivity index (χ0) is 20.1. The molecule has 1 aromatic carbocycles.